The number of hydrogen-bond donors (Lipinski definition) is 2. The van der Waals surface area contributed by atoms with Crippen LogP contribution < -0.4 is 16.1 Å². The number of anilines is 1. The molecule has 0 bridgehead atoms. The van der Waals surface area contributed by atoms with Crippen molar-refractivity contribution in [2.24, 2.45) is 0 Å². The Labute approximate surface area is 208 Å². The van der Waals surface area contributed by atoms with Crippen molar-refractivity contribution in [3.8, 4) is 11.4 Å². The van der Waals surface area contributed by atoms with Crippen LogP contribution in [0.25, 0.3) is 22.4 Å². The van der Waals surface area contributed by atoms with Crippen LogP contribution in [0, 0.1) is 0 Å². The zero-order valence-corrected chi connectivity index (χ0v) is 21.0. The van der Waals surface area contributed by atoms with E-state index in [1.807, 2.05) is 19.1 Å². The highest BCUT2D eigenvalue weighted by Gasteiger charge is 2.21. The smallest absolute Gasteiger partial charge is 0.328 e. The van der Waals surface area contributed by atoms with Gasteiger partial charge in [-0.1, -0.05) is 6.07 Å². The predicted molar refractivity (Wildman–Crippen MR) is 139 cm³/mol. The number of benzene rings is 2. The van der Waals surface area contributed by atoms with Crippen LogP contribution in [-0.2, 0) is 22.9 Å². The molecule has 3 heterocycles. The monoisotopic (exact) mass is 508 g/mol. The summed E-state index contributed by atoms with van der Waals surface area (Å²) < 4.78 is 25.0. The first-order valence-electron chi connectivity index (χ1n) is 11.8. The number of nitrogens with one attached hydrogen (secondary N) is 2. The summed E-state index contributed by atoms with van der Waals surface area (Å²) in [5.74, 6) is 0.682. The number of aromatic nitrogens is 4. The number of sulfone groups is 1. The summed E-state index contributed by atoms with van der Waals surface area (Å²) in [5.41, 5.74) is 3.49. The van der Waals surface area contributed by atoms with Gasteiger partial charge < -0.3 is 14.5 Å². The maximum absolute atomic E-state index is 12.3. The molecule has 36 heavy (non-hydrogen) atoms. The van der Waals surface area contributed by atoms with Crippen molar-refractivity contribution >= 4 is 26.6 Å². The fraction of sp³-hybridized carbons (Fsp3) is 0.320. The molecule has 11 heteroatoms. The largest absolute Gasteiger partial charge is 0.367 e. The Hall–Kier alpha value is -3.70. The molecule has 1 saturated heterocycles. The molecule has 0 aliphatic carbocycles. The topological polar surface area (TPSA) is 124 Å². The van der Waals surface area contributed by atoms with E-state index in [2.05, 4.69) is 25.8 Å². The molecule has 0 amide bonds. The second-order valence-electron chi connectivity index (χ2n) is 9.02. The molecule has 1 fully saturated rings. The van der Waals surface area contributed by atoms with Crippen LogP contribution in [0.1, 0.15) is 12.5 Å². The average Bonchev–Trinajstić information content (AvgIpc) is 3.30. The van der Waals surface area contributed by atoms with E-state index < -0.39 is 9.84 Å². The third kappa shape index (κ3) is 4.71. The Morgan fingerprint density at radius 3 is 2.36 bits per heavy atom. The standard InChI is InChI=1S/C25H28N6O4S/c1-3-30-16-18(24(32)28-25(30)33)15-29-11-13-31(14-12-29)21-6-4-5-20-22(21)27-23(26-20)17-7-9-19(10-8-17)36(2,34)35/h4-10,16H,3,11-15H2,1-2H3,(H,26,27)(H,28,32,33). The second kappa shape index (κ2) is 9.40. The molecule has 1 aliphatic heterocycles. The molecule has 4 aromatic rings. The van der Waals surface area contributed by atoms with E-state index in [0.29, 0.717) is 24.5 Å². The highest BCUT2D eigenvalue weighted by Crippen LogP contribution is 2.29. The first-order valence-corrected chi connectivity index (χ1v) is 13.7. The van der Waals surface area contributed by atoms with Crippen molar-refractivity contribution in [2.75, 3.05) is 37.3 Å². The van der Waals surface area contributed by atoms with E-state index in [4.69, 9.17) is 4.98 Å². The van der Waals surface area contributed by atoms with Crippen LogP contribution >= 0.6 is 0 Å². The minimum Gasteiger partial charge on any atom is -0.367 e. The molecule has 0 atom stereocenters. The summed E-state index contributed by atoms with van der Waals surface area (Å²) in [6.07, 6.45) is 2.85. The molecule has 188 valence electrons. The van der Waals surface area contributed by atoms with E-state index in [9.17, 15) is 18.0 Å². The lowest BCUT2D eigenvalue weighted by Crippen LogP contribution is -2.47. The van der Waals surface area contributed by atoms with Gasteiger partial charge in [-0.3, -0.25) is 14.7 Å². The fourth-order valence-corrected chi connectivity index (χ4v) is 5.19. The van der Waals surface area contributed by atoms with Gasteiger partial charge in [-0.25, -0.2) is 18.2 Å². The molecule has 2 aromatic carbocycles. The summed E-state index contributed by atoms with van der Waals surface area (Å²) in [7, 11) is -3.26. The highest BCUT2D eigenvalue weighted by molar-refractivity contribution is 7.90. The van der Waals surface area contributed by atoms with Gasteiger partial charge in [-0.15, -0.1) is 0 Å². The van der Waals surface area contributed by atoms with Gasteiger partial charge in [-0.2, -0.15) is 0 Å². The molecule has 0 radical (unpaired) electrons. The molecule has 10 nitrogen and oxygen atoms in total. The normalized spacial score (nSPS) is 15.0. The first-order chi connectivity index (χ1) is 17.2. The van der Waals surface area contributed by atoms with Crippen LogP contribution in [-0.4, -0.2) is 65.3 Å². The third-order valence-electron chi connectivity index (χ3n) is 6.58. The zero-order chi connectivity index (χ0) is 25.4. The van der Waals surface area contributed by atoms with Crippen molar-refractivity contribution < 1.29 is 8.42 Å². The first kappa shape index (κ1) is 24.0. The number of imidazole rings is 1. The van der Waals surface area contributed by atoms with Crippen LogP contribution in [0.4, 0.5) is 5.69 Å². The zero-order valence-electron chi connectivity index (χ0n) is 20.2. The summed E-state index contributed by atoms with van der Waals surface area (Å²) in [4.78, 5) is 39.4. The van der Waals surface area contributed by atoms with Gasteiger partial charge in [0.05, 0.1) is 16.1 Å². The van der Waals surface area contributed by atoms with E-state index in [1.165, 1.54) is 10.8 Å². The number of aromatic amines is 2. The molecule has 2 N–H and O–H groups in total. The van der Waals surface area contributed by atoms with Crippen molar-refractivity contribution in [1.29, 1.82) is 0 Å². The number of para-hydroxylation sites is 1. The molecular weight excluding hydrogens is 480 g/mol. The average molecular weight is 509 g/mol. The maximum Gasteiger partial charge on any atom is 0.328 e. The van der Waals surface area contributed by atoms with Gasteiger partial charge >= 0.3 is 5.69 Å². The number of piperazine rings is 1. The fourth-order valence-electron chi connectivity index (χ4n) is 4.56. The van der Waals surface area contributed by atoms with Crippen molar-refractivity contribution in [2.45, 2.75) is 24.9 Å². The van der Waals surface area contributed by atoms with Gasteiger partial charge in [0.15, 0.2) is 9.84 Å². The second-order valence-corrected chi connectivity index (χ2v) is 11.0. The molecule has 1 aliphatic rings. The Bertz CT molecular complexity index is 1630. The lowest BCUT2D eigenvalue weighted by atomic mass is 10.2. The number of fused-ring (bicyclic) bond motifs is 1. The number of hydrogen-bond acceptors (Lipinski definition) is 7. The summed E-state index contributed by atoms with van der Waals surface area (Å²) >= 11 is 0. The minimum atomic E-state index is -3.26. The summed E-state index contributed by atoms with van der Waals surface area (Å²) in [5, 5.41) is 0. The Morgan fingerprint density at radius 1 is 0.972 bits per heavy atom. The number of rotatable bonds is 6. The van der Waals surface area contributed by atoms with E-state index in [1.54, 1.807) is 30.5 Å². The molecule has 0 spiro atoms. The maximum atomic E-state index is 12.3. The van der Waals surface area contributed by atoms with E-state index >= 15 is 0 Å². The van der Waals surface area contributed by atoms with Gasteiger partial charge in [0, 0.05) is 62.8 Å². The van der Waals surface area contributed by atoms with Gasteiger partial charge in [0.1, 0.15) is 11.3 Å². The summed E-state index contributed by atoms with van der Waals surface area (Å²) in [6, 6.07) is 12.7. The molecule has 0 saturated carbocycles. The van der Waals surface area contributed by atoms with Gasteiger partial charge in [-0.05, 0) is 43.3 Å². The molecule has 2 aromatic heterocycles. The van der Waals surface area contributed by atoms with Crippen molar-refractivity contribution in [3.05, 3.63) is 75.1 Å². The highest BCUT2D eigenvalue weighted by atomic mass is 32.2. The Balaban J connectivity index is 1.33. The third-order valence-corrected chi connectivity index (χ3v) is 7.71. The Kier molecular flexibility index (Phi) is 6.27. The molecular formula is C25H28N6O4S. The lowest BCUT2D eigenvalue weighted by molar-refractivity contribution is 0.248. The SMILES string of the molecule is CCn1cc(CN2CCN(c3cccc4[nH]c(-c5ccc(S(C)(=O)=O)cc5)nc34)CC2)c(=O)[nH]c1=O. The van der Waals surface area contributed by atoms with Crippen LogP contribution in [0.2, 0.25) is 0 Å². The van der Waals surface area contributed by atoms with Gasteiger partial charge in [0.2, 0.25) is 0 Å². The number of aryl methyl sites for hydroxylation is 1. The van der Waals surface area contributed by atoms with Crippen LogP contribution in [0.15, 0.2) is 63.1 Å². The number of nitrogens with zero attached hydrogens (tertiary/aromatic N) is 4. The molecule has 5 rings (SSSR count). The van der Waals surface area contributed by atoms with E-state index in [-0.39, 0.29) is 16.1 Å². The van der Waals surface area contributed by atoms with Crippen LogP contribution in [0.3, 0.4) is 0 Å². The molecule has 0 unspecified atom stereocenters. The summed E-state index contributed by atoms with van der Waals surface area (Å²) in [6.45, 7) is 5.95. The number of H-pyrrole nitrogens is 2. The Morgan fingerprint density at radius 2 is 1.69 bits per heavy atom. The predicted octanol–water partition coefficient (Wildman–Crippen LogP) is 1.83. The quantitative estimate of drug-likeness (QED) is 0.407. The lowest BCUT2D eigenvalue weighted by Gasteiger charge is -2.36. The van der Waals surface area contributed by atoms with Crippen molar-refractivity contribution in [3.63, 3.8) is 0 Å². The minimum absolute atomic E-state index is 0.274. The van der Waals surface area contributed by atoms with Crippen LogP contribution in [0.5, 0.6) is 0 Å². The van der Waals surface area contributed by atoms with Crippen molar-refractivity contribution in [1.82, 2.24) is 24.4 Å². The van der Waals surface area contributed by atoms with E-state index in [0.717, 1.165) is 48.5 Å². The van der Waals surface area contributed by atoms with Gasteiger partial charge in [0.25, 0.3) is 5.56 Å².